The molecule has 1 heterocycles. The van der Waals surface area contributed by atoms with Gasteiger partial charge in [0.1, 0.15) is 0 Å². The van der Waals surface area contributed by atoms with E-state index >= 15 is 0 Å². The molecule has 4 nitrogen and oxygen atoms in total. The van der Waals surface area contributed by atoms with Crippen LogP contribution in [-0.4, -0.2) is 41.7 Å². The number of carboxylic acids is 1. The number of rotatable bonds is 4. The van der Waals surface area contributed by atoms with Crippen molar-refractivity contribution < 1.29 is 9.90 Å². The molecule has 98 valence electrons. The summed E-state index contributed by atoms with van der Waals surface area (Å²) in [6.07, 6.45) is 1.15. The average molecular weight is 248 g/mol. The van der Waals surface area contributed by atoms with Gasteiger partial charge in [-0.3, -0.25) is 4.90 Å². The zero-order valence-electron chi connectivity index (χ0n) is 10.7. The lowest BCUT2D eigenvalue weighted by Crippen LogP contribution is -2.49. The van der Waals surface area contributed by atoms with E-state index in [1.54, 1.807) is 12.1 Å². The zero-order valence-corrected chi connectivity index (χ0v) is 10.7. The van der Waals surface area contributed by atoms with Crippen molar-refractivity contribution in [1.82, 2.24) is 10.2 Å². The highest BCUT2D eigenvalue weighted by atomic mass is 16.4. The van der Waals surface area contributed by atoms with E-state index in [4.69, 9.17) is 5.11 Å². The van der Waals surface area contributed by atoms with Gasteiger partial charge in [0.2, 0.25) is 0 Å². The second-order valence-electron chi connectivity index (χ2n) is 4.80. The predicted octanol–water partition coefficient (Wildman–Crippen LogP) is 1.57. The molecule has 0 amide bonds. The smallest absolute Gasteiger partial charge is 0.335 e. The highest BCUT2D eigenvalue weighted by Gasteiger charge is 2.17. The number of piperazine rings is 1. The molecule has 1 fully saturated rings. The van der Waals surface area contributed by atoms with Crippen LogP contribution in [0.5, 0.6) is 0 Å². The molecule has 1 aliphatic rings. The summed E-state index contributed by atoms with van der Waals surface area (Å²) in [5.41, 5.74) is 1.53. The molecule has 1 aliphatic heterocycles. The first-order chi connectivity index (χ1) is 8.69. The molecule has 1 aromatic carbocycles. The van der Waals surface area contributed by atoms with Crippen LogP contribution in [-0.2, 0) is 6.54 Å². The Morgan fingerprint density at radius 2 is 2.17 bits per heavy atom. The van der Waals surface area contributed by atoms with Crippen LogP contribution in [0.4, 0.5) is 0 Å². The van der Waals surface area contributed by atoms with Gasteiger partial charge < -0.3 is 10.4 Å². The standard InChI is InChI=1S/C14H20N2O2/c1-2-13-10-16(8-7-15-13)9-11-3-5-12(6-4-11)14(17)18/h3-6,13,15H,2,7-10H2,1H3,(H,17,18)/t13-/m1/s1. The fourth-order valence-electron chi connectivity index (χ4n) is 2.32. The first kappa shape index (κ1) is 13.1. The van der Waals surface area contributed by atoms with Crippen LogP contribution in [0.2, 0.25) is 0 Å². The second-order valence-corrected chi connectivity index (χ2v) is 4.80. The van der Waals surface area contributed by atoms with Gasteiger partial charge in [-0.1, -0.05) is 19.1 Å². The largest absolute Gasteiger partial charge is 0.478 e. The fourth-order valence-corrected chi connectivity index (χ4v) is 2.32. The molecule has 0 spiro atoms. The van der Waals surface area contributed by atoms with Crippen LogP contribution >= 0.6 is 0 Å². The molecular weight excluding hydrogens is 228 g/mol. The number of nitrogens with zero attached hydrogens (tertiary/aromatic N) is 1. The lowest BCUT2D eigenvalue weighted by molar-refractivity contribution is 0.0697. The molecule has 2 rings (SSSR count). The molecule has 0 bridgehead atoms. The van der Waals surface area contributed by atoms with E-state index in [0.29, 0.717) is 11.6 Å². The summed E-state index contributed by atoms with van der Waals surface area (Å²) in [5.74, 6) is -0.866. The van der Waals surface area contributed by atoms with Gasteiger partial charge in [0.05, 0.1) is 5.56 Å². The van der Waals surface area contributed by atoms with Crippen molar-refractivity contribution in [2.24, 2.45) is 0 Å². The predicted molar refractivity (Wildman–Crippen MR) is 70.8 cm³/mol. The van der Waals surface area contributed by atoms with E-state index in [2.05, 4.69) is 17.1 Å². The summed E-state index contributed by atoms with van der Waals surface area (Å²) in [7, 11) is 0. The van der Waals surface area contributed by atoms with Crippen molar-refractivity contribution in [3.8, 4) is 0 Å². The molecule has 2 N–H and O–H groups in total. The van der Waals surface area contributed by atoms with Gasteiger partial charge >= 0.3 is 5.97 Å². The molecule has 1 saturated heterocycles. The number of carbonyl (C=O) groups is 1. The molecular formula is C14H20N2O2. The molecule has 1 aromatic rings. The third-order valence-corrected chi connectivity index (χ3v) is 3.44. The number of carboxylic acid groups (broad SMARTS) is 1. The van der Waals surface area contributed by atoms with Crippen molar-refractivity contribution in [1.29, 1.82) is 0 Å². The van der Waals surface area contributed by atoms with Crippen LogP contribution in [0.25, 0.3) is 0 Å². The first-order valence-electron chi connectivity index (χ1n) is 6.47. The summed E-state index contributed by atoms with van der Waals surface area (Å²) in [6, 6.07) is 7.75. The number of hydrogen-bond acceptors (Lipinski definition) is 3. The van der Waals surface area contributed by atoms with E-state index in [9.17, 15) is 4.79 Å². The molecule has 18 heavy (non-hydrogen) atoms. The zero-order chi connectivity index (χ0) is 13.0. The van der Waals surface area contributed by atoms with Crippen LogP contribution < -0.4 is 5.32 Å². The molecule has 1 atom stereocenters. The summed E-state index contributed by atoms with van der Waals surface area (Å²) in [5, 5.41) is 12.3. The van der Waals surface area contributed by atoms with Crippen LogP contribution in [0.3, 0.4) is 0 Å². The molecule has 0 aromatic heterocycles. The molecule has 4 heteroatoms. The fraction of sp³-hybridized carbons (Fsp3) is 0.500. The van der Waals surface area contributed by atoms with Crippen molar-refractivity contribution in [3.63, 3.8) is 0 Å². The van der Waals surface area contributed by atoms with Crippen LogP contribution in [0.1, 0.15) is 29.3 Å². The minimum absolute atomic E-state index is 0.352. The Labute approximate surface area is 108 Å². The lowest BCUT2D eigenvalue weighted by Gasteiger charge is -2.33. The summed E-state index contributed by atoms with van der Waals surface area (Å²) in [4.78, 5) is 13.2. The summed E-state index contributed by atoms with van der Waals surface area (Å²) >= 11 is 0. The molecule has 0 aliphatic carbocycles. The number of hydrogen-bond donors (Lipinski definition) is 2. The van der Waals surface area contributed by atoms with E-state index in [-0.39, 0.29) is 0 Å². The van der Waals surface area contributed by atoms with E-state index < -0.39 is 5.97 Å². The maximum atomic E-state index is 10.8. The van der Waals surface area contributed by atoms with Gasteiger partial charge in [0.25, 0.3) is 0 Å². The minimum atomic E-state index is -0.866. The van der Waals surface area contributed by atoms with Gasteiger partial charge in [0, 0.05) is 32.2 Å². The summed E-state index contributed by atoms with van der Waals surface area (Å²) in [6.45, 7) is 6.25. The van der Waals surface area contributed by atoms with Gasteiger partial charge in [-0.05, 0) is 24.1 Å². The number of benzene rings is 1. The highest BCUT2D eigenvalue weighted by Crippen LogP contribution is 2.10. The average Bonchev–Trinajstić information content (AvgIpc) is 2.39. The Morgan fingerprint density at radius 1 is 1.44 bits per heavy atom. The maximum Gasteiger partial charge on any atom is 0.335 e. The Balaban J connectivity index is 1.94. The maximum absolute atomic E-state index is 10.8. The highest BCUT2D eigenvalue weighted by molar-refractivity contribution is 5.87. The van der Waals surface area contributed by atoms with Crippen molar-refractivity contribution >= 4 is 5.97 Å². The van der Waals surface area contributed by atoms with Crippen LogP contribution in [0.15, 0.2) is 24.3 Å². The molecule has 0 unspecified atom stereocenters. The van der Waals surface area contributed by atoms with Crippen molar-refractivity contribution in [2.75, 3.05) is 19.6 Å². The molecule has 0 saturated carbocycles. The van der Waals surface area contributed by atoms with Gasteiger partial charge in [0.15, 0.2) is 0 Å². The van der Waals surface area contributed by atoms with E-state index in [1.165, 1.54) is 5.56 Å². The first-order valence-corrected chi connectivity index (χ1v) is 6.47. The lowest BCUT2D eigenvalue weighted by atomic mass is 10.1. The Kier molecular flexibility index (Phi) is 4.33. The number of aromatic carboxylic acids is 1. The Bertz CT molecular complexity index is 403. The van der Waals surface area contributed by atoms with Crippen LogP contribution in [0, 0.1) is 0 Å². The third-order valence-electron chi connectivity index (χ3n) is 3.44. The van der Waals surface area contributed by atoms with E-state index in [0.717, 1.165) is 32.6 Å². The van der Waals surface area contributed by atoms with Gasteiger partial charge in [-0.2, -0.15) is 0 Å². The van der Waals surface area contributed by atoms with Crippen molar-refractivity contribution in [3.05, 3.63) is 35.4 Å². The Morgan fingerprint density at radius 3 is 2.78 bits per heavy atom. The quantitative estimate of drug-likeness (QED) is 0.849. The number of nitrogens with one attached hydrogen (secondary N) is 1. The second kappa shape index (κ2) is 5.98. The van der Waals surface area contributed by atoms with Crippen molar-refractivity contribution in [2.45, 2.75) is 25.9 Å². The minimum Gasteiger partial charge on any atom is -0.478 e. The molecule has 0 radical (unpaired) electrons. The van der Waals surface area contributed by atoms with E-state index in [1.807, 2.05) is 12.1 Å². The van der Waals surface area contributed by atoms with Gasteiger partial charge in [-0.15, -0.1) is 0 Å². The Hall–Kier alpha value is -1.39. The van der Waals surface area contributed by atoms with Gasteiger partial charge in [-0.25, -0.2) is 4.79 Å². The summed E-state index contributed by atoms with van der Waals surface area (Å²) < 4.78 is 0. The monoisotopic (exact) mass is 248 g/mol. The topological polar surface area (TPSA) is 52.6 Å². The normalized spacial score (nSPS) is 20.8. The SMILES string of the molecule is CC[C@@H]1CN(Cc2ccc(C(=O)O)cc2)CCN1. The third kappa shape index (κ3) is 3.31.